The Morgan fingerprint density at radius 3 is 2.29 bits per heavy atom. The predicted octanol–water partition coefficient (Wildman–Crippen LogP) is 0.823. The molecule has 2 N–H and O–H groups in total. The molecule has 0 radical (unpaired) electrons. The van der Waals surface area contributed by atoms with Crippen LogP contribution in [-0.4, -0.2) is 26.5 Å². The summed E-state index contributed by atoms with van der Waals surface area (Å²) in [6.07, 6.45) is 0.995. The number of halogens is 3. The molecule has 96 valence electrons. The lowest BCUT2D eigenvalue weighted by molar-refractivity contribution is -0.180. The Morgan fingerprint density at radius 2 is 1.76 bits per heavy atom. The molecular formula is C10H13F3O3Si. The van der Waals surface area contributed by atoms with Crippen molar-refractivity contribution in [2.45, 2.75) is 25.4 Å². The first-order valence-electron chi connectivity index (χ1n) is 5.12. The largest absolute Gasteiger partial charge is 0.379 e. The highest BCUT2D eigenvalue weighted by atomic mass is 28.2. The second kappa shape index (κ2) is 6.75. The van der Waals surface area contributed by atoms with Crippen LogP contribution in [-0.2, 0) is 10.8 Å². The van der Waals surface area contributed by atoms with Gasteiger partial charge in [0.15, 0.2) is 27.2 Å². The minimum absolute atomic E-state index is 0.375. The topological polar surface area (TPSA) is 49.7 Å². The molecule has 0 unspecified atom stereocenters. The molecule has 0 amide bonds. The van der Waals surface area contributed by atoms with Crippen LogP contribution in [0.2, 0.25) is 6.04 Å². The fourth-order valence-corrected chi connectivity index (χ4v) is 2.20. The molecule has 17 heavy (non-hydrogen) atoms. The van der Waals surface area contributed by atoms with E-state index in [4.69, 9.17) is 10.2 Å². The van der Waals surface area contributed by atoms with Gasteiger partial charge in [-0.25, -0.2) is 13.2 Å². The fourth-order valence-electron chi connectivity index (χ4n) is 1.37. The van der Waals surface area contributed by atoms with Crippen molar-refractivity contribution in [3.05, 3.63) is 35.1 Å². The number of aliphatic hydroxyl groups is 2. The zero-order valence-corrected chi connectivity index (χ0v) is 10.4. The Bertz CT molecular complexity index is 351. The van der Waals surface area contributed by atoms with E-state index >= 15 is 0 Å². The van der Waals surface area contributed by atoms with Gasteiger partial charge in [0.25, 0.3) is 6.48 Å². The molecule has 1 aromatic carbocycles. The summed E-state index contributed by atoms with van der Waals surface area (Å²) in [6.45, 7) is -1.75. The van der Waals surface area contributed by atoms with Gasteiger partial charge >= 0.3 is 0 Å². The standard InChI is InChI=1S/C10H13F3O3Si/c11-7-4-6(5-8(12)9(7)13)2-1-3-17-16-10(14)15/h4-5,10,14-15H,1-3,17H2. The first kappa shape index (κ1) is 14.2. The van der Waals surface area contributed by atoms with Crippen LogP contribution in [0.15, 0.2) is 12.1 Å². The van der Waals surface area contributed by atoms with Gasteiger partial charge in [0, 0.05) is 0 Å². The van der Waals surface area contributed by atoms with Crippen molar-refractivity contribution < 1.29 is 27.8 Å². The lowest BCUT2D eigenvalue weighted by Crippen LogP contribution is -2.13. The highest BCUT2D eigenvalue weighted by molar-refractivity contribution is 6.26. The lowest BCUT2D eigenvalue weighted by atomic mass is 10.1. The van der Waals surface area contributed by atoms with Gasteiger partial charge in [-0.3, -0.25) is 0 Å². The summed E-state index contributed by atoms with van der Waals surface area (Å²) >= 11 is 0. The molecule has 7 heteroatoms. The van der Waals surface area contributed by atoms with E-state index in [9.17, 15) is 13.2 Å². The molecule has 0 atom stereocenters. The van der Waals surface area contributed by atoms with Crippen LogP contribution in [0.25, 0.3) is 0 Å². The monoisotopic (exact) mass is 266 g/mol. The Kier molecular flexibility index (Phi) is 5.62. The third-order valence-corrected chi connectivity index (χ3v) is 3.49. The van der Waals surface area contributed by atoms with Crippen molar-refractivity contribution >= 4 is 9.76 Å². The Hall–Kier alpha value is -0.893. The van der Waals surface area contributed by atoms with Gasteiger partial charge in [0.1, 0.15) is 0 Å². The van der Waals surface area contributed by atoms with Crippen molar-refractivity contribution in [3.63, 3.8) is 0 Å². The van der Waals surface area contributed by atoms with E-state index < -0.39 is 33.7 Å². The molecule has 0 fully saturated rings. The van der Waals surface area contributed by atoms with E-state index in [1.165, 1.54) is 0 Å². The first-order valence-corrected chi connectivity index (χ1v) is 6.69. The Labute approximate surface area is 98.8 Å². The summed E-state index contributed by atoms with van der Waals surface area (Å²) in [5.74, 6) is -3.85. The number of benzene rings is 1. The first-order chi connectivity index (χ1) is 8.00. The van der Waals surface area contributed by atoms with Crippen molar-refractivity contribution in [1.82, 2.24) is 0 Å². The van der Waals surface area contributed by atoms with Crippen LogP contribution >= 0.6 is 0 Å². The van der Waals surface area contributed by atoms with Gasteiger partial charge in [-0.05, 0) is 30.2 Å². The van der Waals surface area contributed by atoms with E-state index in [1.54, 1.807) is 0 Å². The minimum atomic E-state index is -1.75. The number of hydrogen-bond donors (Lipinski definition) is 2. The molecule has 0 aliphatic rings. The van der Waals surface area contributed by atoms with Crippen LogP contribution in [0.4, 0.5) is 13.2 Å². The molecule has 0 bridgehead atoms. The Morgan fingerprint density at radius 1 is 1.18 bits per heavy atom. The third-order valence-electron chi connectivity index (χ3n) is 2.17. The Balaban J connectivity index is 2.37. The number of aryl methyl sites for hydroxylation is 1. The van der Waals surface area contributed by atoms with Crippen molar-refractivity contribution in [2.75, 3.05) is 0 Å². The van der Waals surface area contributed by atoms with Gasteiger partial charge in [0.2, 0.25) is 0 Å². The summed E-state index contributed by atoms with van der Waals surface area (Å²) in [7, 11) is -1.04. The van der Waals surface area contributed by atoms with E-state index in [0.717, 1.165) is 12.1 Å². The summed E-state index contributed by atoms with van der Waals surface area (Å²) in [5, 5.41) is 16.8. The molecule has 0 heterocycles. The van der Waals surface area contributed by atoms with E-state index in [2.05, 4.69) is 4.43 Å². The molecule has 0 aliphatic carbocycles. The van der Waals surface area contributed by atoms with Crippen molar-refractivity contribution in [2.24, 2.45) is 0 Å². The summed E-state index contributed by atoms with van der Waals surface area (Å²) < 4.78 is 42.9. The fraction of sp³-hybridized carbons (Fsp3) is 0.400. The second-order valence-electron chi connectivity index (χ2n) is 3.53. The van der Waals surface area contributed by atoms with E-state index in [1.807, 2.05) is 0 Å². The predicted molar refractivity (Wildman–Crippen MR) is 57.3 cm³/mol. The molecular weight excluding hydrogens is 253 g/mol. The maximum Gasteiger partial charge on any atom is 0.256 e. The summed E-state index contributed by atoms with van der Waals surface area (Å²) in [4.78, 5) is 0. The highest BCUT2D eigenvalue weighted by Crippen LogP contribution is 2.15. The minimum Gasteiger partial charge on any atom is -0.379 e. The third kappa shape index (κ3) is 4.86. The average Bonchev–Trinajstić information content (AvgIpc) is 2.25. The second-order valence-corrected chi connectivity index (χ2v) is 4.98. The summed E-state index contributed by atoms with van der Waals surface area (Å²) in [5.41, 5.74) is 0.375. The van der Waals surface area contributed by atoms with Crippen LogP contribution in [0.1, 0.15) is 12.0 Å². The zero-order chi connectivity index (χ0) is 12.8. The summed E-state index contributed by atoms with van der Waals surface area (Å²) in [6, 6.07) is 2.56. The maximum absolute atomic E-state index is 12.8. The number of hydrogen-bond acceptors (Lipinski definition) is 3. The van der Waals surface area contributed by atoms with E-state index in [0.29, 0.717) is 24.4 Å². The van der Waals surface area contributed by atoms with Crippen LogP contribution in [0, 0.1) is 17.5 Å². The van der Waals surface area contributed by atoms with Gasteiger partial charge in [0.05, 0.1) is 0 Å². The molecule has 0 aromatic heterocycles. The van der Waals surface area contributed by atoms with Crippen molar-refractivity contribution in [3.8, 4) is 0 Å². The van der Waals surface area contributed by atoms with Gasteiger partial charge in [-0.1, -0.05) is 6.42 Å². The lowest BCUT2D eigenvalue weighted by Gasteiger charge is -2.05. The molecule has 3 nitrogen and oxygen atoms in total. The highest BCUT2D eigenvalue weighted by Gasteiger charge is 2.10. The molecule has 0 saturated carbocycles. The number of aliphatic hydroxyl groups excluding tert-OH is 1. The molecule has 0 aliphatic heterocycles. The average molecular weight is 266 g/mol. The van der Waals surface area contributed by atoms with Crippen molar-refractivity contribution in [1.29, 1.82) is 0 Å². The van der Waals surface area contributed by atoms with E-state index in [-0.39, 0.29) is 0 Å². The SMILES string of the molecule is OC(O)O[SiH2]CCCc1cc(F)c(F)c(F)c1. The smallest absolute Gasteiger partial charge is 0.256 e. The maximum atomic E-state index is 12.8. The van der Waals surface area contributed by atoms with Crippen LogP contribution in [0.3, 0.4) is 0 Å². The zero-order valence-electron chi connectivity index (χ0n) is 9.00. The van der Waals surface area contributed by atoms with Crippen LogP contribution < -0.4 is 0 Å². The number of rotatable bonds is 6. The van der Waals surface area contributed by atoms with Gasteiger partial charge < -0.3 is 14.6 Å². The quantitative estimate of drug-likeness (QED) is 0.347. The molecule has 1 aromatic rings. The van der Waals surface area contributed by atoms with Gasteiger partial charge in [-0.2, -0.15) is 0 Å². The molecule has 0 spiro atoms. The van der Waals surface area contributed by atoms with Crippen LogP contribution in [0.5, 0.6) is 0 Å². The normalized spacial score (nSPS) is 11.9. The van der Waals surface area contributed by atoms with Gasteiger partial charge in [-0.15, -0.1) is 0 Å². The molecule has 0 saturated heterocycles. The molecule has 1 rings (SSSR count).